The second kappa shape index (κ2) is 5.75. The molecule has 2 aromatic rings. The Labute approximate surface area is 122 Å². The van der Waals surface area contributed by atoms with Crippen LogP contribution < -0.4 is 10.5 Å². The highest BCUT2D eigenvalue weighted by Crippen LogP contribution is 2.35. The molecule has 2 aromatic carbocycles. The van der Waals surface area contributed by atoms with Gasteiger partial charge in [0.25, 0.3) is 0 Å². The minimum Gasteiger partial charge on any atom is -0.488 e. The van der Waals surface area contributed by atoms with E-state index in [1.54, 1.807) is 24.3 Å². The molecule has 0 atom stereocenters. The van der Waals surface area contributed by atoms with Crippen LogP contribution in [-0.2, 0) is 12.8 Å². The van der Waals surface area contributed by atoms with Crippen LogP contribution in [-0.4, -0.2) is 0 Å². The van der Waals surface area contributed by atoms with Gasteiger partial charge in [-0.15, -0.1) is 0 Å². The summed E-state index contributed by atoms with van der Waals surface area (Å²) in [7, 11) is 0. The zero-order chi connectivity index (χ0) is 14.8. The first kappa shape index (κ1) is 14.7. The van der Waals surface area contributed by atoms with E-state index >= 15 is 0 Å². The molecule has 0 amide bonds. The number of hydrogen-bond acceptors (Lipinski definition) is 2. The van der Waals surface area contributed by atoms with Crippen molar-refractivity contribution in [2.75, 3.05) is 5.73 Å². The summed E-state index contributed by atoms with van der Waals surface area (Å²) in [5, 5.41) is 0. The standard InChI is InChI=1S/C14H11BrF3NO/c15-12-7-10(14(16,17)18)3-6-13(12)20-8-9-1-4-11(19)5-2-9/h1-7H,8,19H2. The van der Waals surface area contributed by atoms with E-state index in [2.05, 4.69) is 15.9 Å². The molecule has 0 aliphatic heterocycles. The van der Waals surface area contributed by atoms with Crippen molar-refractivity contribution >= 4 is 21.6 Å². The highest BCUT2D eigenvalue weighted by atomic mass is 79.9. The van der Waals surface area contributed by atoms with E-state index < -0.39 is 11.7 Å². The van der Waals surface area contributed by atoms with Crippen molar-refractivity contribution in [1.29, 1.82) is 0 Å². The lowest BCUT2D eigenvalue weighted by molar-refractivity contribution is -0.137. The van der Waals surface area contributed by atoms with Crippen molar-refractivity contribution < 1.29 is 17.9 Å². The largest absolute Gasteiger partial charge is 0.488 e. The molecule has 106 valence electrons. The van der Waals surface area contributed by atoms with Gasteiger partial charge in [0.05, 0.1) is 10.0 Å². The fourth-order valence-corrected chi connectivity index (χ4v) is 2.06. The Bertz CT molecular complexity index is 596. The molecule has 0 saturated heterocycles. The van der Waals surface area contributed by atoms with Crippen molar-refractivity contribution in [3.8, 4) is 5.75 Å². The maximum Gasteiger partial charge on any atom is 0.416 e. The summed E-state index contributed by atoms with van der Waals surface area (Å²) in [4.78, 5) is 0. The maximum atomic E-state index is 12.5. The number of hydrogen-bond donors (Lipinski definition) is 1. The molecule has 2 nitrogen and oxygen atoms in total. The summed E-state index contributed by atoms with van der Waals surface area (Å²) in [5.74, 6) is 0.356. The van der Waals surface area contributed by atoms with Crippen molar-refractivity contribution in [2.45, 2.75) is 12.8 Å². The zero-order valence-electron chi connectivity index (χ0n) is 10.2. The number of nitrogens with two attached hydrogens (primary N) is 1. The average molecular weight is 346 g/mol. The monoisotopic (exact) mass is 345 g/mol. The van der Waals surface area contributed by atoms with Crippen LogP contribution in [0.25, 0.3) is 0 Å². The molecule has 20 heavy (non-hydrogen) atoms. The Morgan fingerprint density at radius 2 is 1.70 bits per heavy atom. The van der Waals surface area contributed by atoms with E-state index in [1.807, 2.05) is 0 Å². The van der Waals surface area contributed by atoms with Crippen molar-refractivity contribution in [2.24, 2.45) is 0 Å². The van der Waals surface area contributed by atoms with Gasteiger partial charge in [-0.25, -0.2) is 0 Å². The molecular formula is C14H11BrF3NO. The number of nitrogen functional groups attached to an aromatic ring is 1. The zero-order valence-corrected chi connectivity index (χ0v) is 11.8. The molecule has 0 aromatic heterocycles. The van der Waals surface area contributed by atoms with E-state index in [1.165, 1.54) is 6.07 Å². The Morgan fingerprint density at radius 1 is 1.05 bits per heavy atom. The van der Waals surface area contributed by atoms with Gasteiger partial charge in [-0.05, 0) is 51.8 Å². The molecule has 2 rings (SSSR count). The SMILES string of the molecule is Nc1ccc(COc2ccc(C(F)(F)F)cc2Br)cc1. The van der Waals surface area contributed by atoms with Crippen LogP contribution in [0.5, 0.6) is 5.75 Å². The molecule has 0 heterocycles. The van der Waals surface area contributed by atoms with Gasteiger partial charge in [-0.2, -0.15) is 13.2 Å². The van der Waals surface area contributed by atoms with Crippen LogP contribution >= 0.6 is 15.9 Å². The second-order valence-corrected chi connectivity index (χ2v) is 5.03. The number of rotatable bonds is 3. The van der Waals surface area contributed by atoms with Gasteiger partial charge in [-0.3, -0.25) is 0 Å². The summed E-state index contributed by atoms with van der Waals surface area (Å²) < 4.78 is 43.3. The van der Waals surface area contributed by atoms with E-state index in [0.717, 1.165) is 17.7 Å². The van der Waals surface area contributed by atoms with Crippen LogP contribution in [0.15, 0.2) is 46.9 Å². The topological polar surface area (TPSA) is 35.2 Å². The molecule has 0 spiro atoms. The van der Waals surface area contributed by atoms with Gasteiger partial charge < -0.3 is 10.5 Å². The second-order valence-electron chi connectivity index (χ2n) is 4.17. The molecule has 0 aliphatic carbocycles. The van der Waals surface area contributed by atoms with Gasteiger partial charge in [0.15, 0.2) is 0 Å². The van der Waals surface area contributed by atoms with E-state index in [4.69, 9.17) is 10.5 Å². The molecule has 0 unspecified atom stereocenters. The third-order valence-electron chi connectivity index (χ3n) is 2.63. The van der Waals surface area contributed by atoms with Crippen LogP contribution in [0, 0.1) is 0 Å². The molecule has 0 saturated carbocycles. The minimum atomic E-state index is -4.36. The number of halogens is 4. The summed E-state index contributed by atoms with van der Waals surface area (Å²) >= 11 is 3.08. The normalized spacial score (nSPS) is 11.4. The first-order valence-corrected chi connectivity index (χ1v) is 6.49. The highest BCUT2D eigenvalue weighted by Gasteiger charge is 2.30. The fraction of sp³-hybridized carbons (Fsp3) is 0.143. The summed E-state index contributed by atoms with van der Waals surface area (Å²) in [6.45, 7) is 0.254. The summed E-state index contributed by atoms with van der Waals surface area (Å²) in [6.07, 6.45) is -4.36. The lowest BCUT2D eigenvalue weighted by atomic mass is 10.2. The lowest BCUT2D eigenvalue weighted by Gasteiger charge is -2.11. The Morgan fingerprint density at radius 3 is 2.25 bits per heavy atom. The number of ether oxygens (including phenoxy) is 1. The van der Waals surface area contributed by atoms with Crippen molar-refractivity contribution in [3.63, 3.8) is 0 Å². The molecule has 2 N–H and O–H groups in total. The molecule has 0 aliphatic rings. The van der Waals surface area contributed by atoms with Crippen LogP contribution in [0.2, 0.25) is 0 Å². The van der Waals surface area contributed by atoms with Gasteiger partial charge in [0.1, 0.15) is 12.4 Å². The minimum absolute atomic E-state index is 0.254. The lowest BCUT2D eigenvalue weighted by Crippen LogP contribution is -2.05. The van der Waals surface area contributed by atoms with Gasteiger partial charge in [0, 0.05) is 5.69 Å². The Hall–Kier alpha value is -1.69. The third-order valence-corrected chi connectivity index (χ3v) is 3.25. The smallest absolute Gasteiger partial charge is 0.416 e. The summed E-state index contributed by atoms with van der Waals surface area (Å²) in [6, 6.07) is 10.4. The molecule has 6 heteroatoms. The van der Waals surface area contributed by atoms with E-state index in [9.17, 15) is 13.2 Å². The van der Waals surface area contributed by atoms with Gasteiger partial charge >= 0.3 is 6.18 Å². The maximum absolute atomic E-state index is 12.5. The quantitative estimate of drug-likeness (QED) is 0.823. The Balaban J connectivity index is 2.08. The average Bonchev–Trinajstić information content (AvgIpc) is 2.38. The van der Waals surface area contributed by atoms with Crippen LogP contribution in [0.3, 0.4) is 0 Å². The predicted octanol–water partition coefficient (Wildman–Crippen LogP) is 4.63. The highest BCUT2D eigenvalue weighted by molar-refractivity contribution is 9.10. The van der Waals surface area contributed by atoms with Crippen molar-refractivity contribution in [3.05, 3.63) is 58.1 Å². The number of alkyl halides is 3. The predicted molar refractivity (Wildman–Crippen MR) is 74.3 cm³/mol. The Kier molecular flexibility index (Phi) is 4.23. The third kappa shape index (κ3) is 3.66. The first-order chi connectivity index (χ1) is 9.36. The van der Waals surface area contributed by atoms with Crippen LogP contribution in [0.1, 0.15) is 11.1 Å². The number of benzene rings is 2. The summed E-state index contributed by atoms with van der Waals surface area (Å²) in [5.41, 5.74) is 6.37. The molecule has 0 bridgehead atoms. The molecule has 0 radical (unpaired) electrons. The van der Waals surface area contributed by atoms with Crippen molar-refractivity contribution in [1.82, 2.24) is 0 Å². The molecule has 0 fully saturated rings. The fourth-order valence-electron chi connectivity index (χ4n) is 1.57. The molecular weight excluding hydrogens is 335 g/mol. The van der Waals surface area contributed by atoms with Gasteiger partial charge in [-0.1, -0.05) is 12.1 Å². The van der Waals surface area contributed by atoms with Crippen LogP contribution in [0.4, 0.5) is 18.9 Å². The van der Waals surface area contributed by atoms with E-state index in [0.29, 0.717) is 11.4 Å². The number of anilines is 1. The van der Waals surface area contributed by atoms with Gasteiger partial charge in [0.2, 0.25) is 0 Å². The first-order valence-electron chi connectivity index (χ1n) is 5.70. The van der Waals surface area contributed by atoms with E-state index in [-0.39, 0.29) is 11.1 Å².